The maximum Gasteiger partial charge on any atom is 0.328 e. The Morgan fingerprint density at radius 3 is 2.72 bits per heavy atom. The molecule has 18 heavy (non-hydrogen) atoms. The number of aliphatic carboxylic acids is 1. The topological polar surface area (TPSA) is 121 Å². The fourth-order valence-electron chi connectivity index (χ4n) is 0.943. The summed E-state index contributed by atoms with van der Waals surface area (Å²) in [6, 6.07) is 2.56. The summed E-state index contributed by atoms with van der Waals surface area (Å²) in [5, 5.41) is 19.9. The quantitative estimate of drug-likeness (QED) is 0.616. The molecule has 0 aliphatic carbocycles. The van der Waals surface area contributed by atoms with Crippen LogP contribution in [0.3, 0.4) is 0 Å². The Labute approximate surface area is 102 Å². The third kappa shape index (κ3) is 5.35. The summed E-state index contributed by atoms with van der Waals surface area (Å²) < 4.78 is 0. The number of carbonyl (C=O) groups is 3. The van der Waals surface area contributed by atoms with Gasteiger partial charge in [-0.05, 0) is 12.1 Å². The van der Waals surface area contributed by atoms with Gasteiger partial charge in [-0.3, -0.25) is 10.1 Å². The third-order valence-electron chi connectivity index (χ3n) is 1.67. The molecule has 0 aliphatic rings. The molecule has 0 saturated carbocycles. The van der Waals surface area contributed by atoms with E-state index in [9.17, 15) is 14.4 Å². The lowest BCUT2D eigenvalue weighted by atomic mass is 10.4. The summed E-state index contributed by atoms with van der Waals surface area (Å²) in [5.74, 6) is -2.10. The number of hydrogen-bond donors (Lipinski definition) is 3. The molecule has 1 rings (SSSR count). The Bertz CT molecular complexity index is 472. The molecular weight excluding hydrogens is 240 g/mol. The van der Waals surface area contributed by atoms with Crippen LogP contribution in [0.4, 0.5) is 4.79 Å². The van der Waals surface area contributed by atoms with Crippen molar-refractivity contribution in [2.75, 3.05) is 0 Å². The van der Waals surface area contributed by atoms with Crippen molar-refractivity contribution in [2.24, 2.45) is 0 Å². The number of aromatic nitrogens is 2. The molecule has 0 aliphatic heterocycles. The second-order valence-corrected chi connectivity index (χ2v) is 3.06. The number of carboxylic acid groups (broad SMARTS) is 1. The fourth-order valence-corrected chi connectivity index (χ4v) is 0.943. The maximum absolute atomic E-state index is 11.2. The summed E-state index contributed by atoms with van der Waals surface area (Å²) in [6.07, 6.45) is 2.86. The SMILES string of the molecule is O=C(O)/C=C/C(=O)NC(=O)NCc1cccnn1. The predicted octanol–water partition coefficient (Wildman–Crippen LogP) is -0.557. The van der Waals surface area contributed by atoms with E-state index >= 15 is 0 Å². The molecule has 0 spiro atoms. The molecular formula is C10H10N4O4. The minimum atomic E-state index is -1.27. The molecule has 0 unspecified atom stereocenters. The van der Waals surface area contributed by atoms with Crippen molar-refractivity contribution in [3.05, 3.63) is 36.2 Å². The molecule has 0 fully saturated rings. The summed E-state index contributed by atoms with van der Waals surface area (Å²) >= 11 is 0. The fraction of sp³-hybridized carbons (Fsp3) is 0.100. The van der Waals surface area contributed by atoms with Gasteiger partial charge in [0, 0.05) is 18.3 Å². The number of hydrogen-bond acceptors (Lipinski definition) is 5. The molecule has 1 heterocycles. The average Bonchev–Trinajstić information content (AvgIpc) is 2.35. The van der Waals surface area contributed by atoms with Gasteiger partial charge in [0.25, 0.3) is 5.91 Å². The first kappa shape index (κ1) is 13.3. The lowest BCUT2D eigenvalue weighted by Gasteiger charge is -2.03. The third-order valence-corrected chi connectivity index (χ3v) is 1.67. The van der Waals surface area contributed by atoms with E-state index in [2.05, 4.69) is 15.5 Å². The van der Waals surface area contributed by atoms with E-state index in [0.717, 1.165) is 6.08 Å². The standard InChI is InChI=1S/C10H10N4O4/c15-8(3-4-9(16)17)13-10(18)11-6-7-2-1-5-12-14-7/h1-5H,6H2,(H,16,17)(H2,11,13,15,18)/b4-3+. The molecule has 1 aromatic rings. The van der Waals surface area contributed by atoms with Crippen LogP contribution < -0.4 is 10.6 Å². The zero-order chi connectivity index (χ0) is 13.4. The Hall–Kier alpha value is -2.77. The molecule has 8 nitrogen and oxygen atoms in total. The van der Waals surface area contributed by atoms with Gasteiger partial charge in [0.15, 0.2) is 0 Å². The number of amides is 3. The van der Waals surface area contributed by atoms with Gasteiger partial charge in [0.2, 0.25) is 0 Å². The van der Waals surface area contributed by atoms with Crippen LogP contribution in [0.1, 0.15) is 5.69 Å². The van der Waals surface area contributed by atoms with Crippen molar-refractivity contribution in [2.45, 2.75) is 6.54 Å². The van der Waals surface area contributed by atoms with Crippen LogP contribution in [0.2, 0.25) is 0 Å². The Morgan fingerprint density at radius 1 is 1.33 bits per heavy atom. The van der Waals surface area contributed by atoms with Crippen LogP contribution in [-0.4, -0.2) is 33.2 Å². The minimum Gasteiger partial charge on any atom is -0.478 e. The van der Waals surface area contributed by atoms with Crippen LogP contribution in [0, 0.1) is 0 Å². The van der Waals surface area contributed by atoms with Crippen molar-refractivity contribution < 1.29 is 19.5 Å². The number of urea groups is 1. The molecule has 3 amide bonds. The second kappa shape index (κ2) is 6.74. The van der Waals surface area contributed by atoms with Crippen LogP contribution in [0.5, 0.6) is 0 Å². The molecule has 94 valence electrons. The van der Waals surface area contributed by atoms with Crippen molar-refractivity contribution in [3.63, 3.8) is 0 Å². The zero-order valence-electron chi connectivity index (χ0n) is 9.16. The largest absolute Gasteiger partial charge is 0.478 e. The van der Waals surface area contributed by atoms with Gasteiger partial charge >= 0.3 is 12.0 Å². The van der Waals surface area contributed by atoms with E-state index in [4.69, 9.17) is 5.11 Å². The van der Waals surface area contributed by atoms with Gasteiger partial charge in [0.05, 0.1) is 12.2 Å². The number of carbonyl (C=O) groups excluding carboxylic acids is 2. The first-order chi connectivity index (χ1) is 8.58. The molecule has 0 radical (unpaired) electrons. The van der Waals surface area contributed by atoms with Crippen molar-refractivity contribution >= 4 is 17.9 Å². The number of nitrogens with zero attached hydrogens (tertiary/aromatic N) is 2. The Balaban J connectivity index is 2.34. The molecule has 8 heteroatoms. The van der Waals surface area contributed by atoms with Crippen LogP contribution in [0.25, 0.3) is 0 Å². The van der Waals surface area contributed by atoms with Gasteiger partial charge in [-0.1, -0.05) is 0 Å². The summed E-state index contributed by atoms with van der Waals surface area (Å²) in [6.45, 7) is 0.107. The van der Waals surface area contributed by atoms with Gasteiger partial charge < -0.3 is 10.4 Å². The van der Waals surface area contributed by atoms with Gasteiger partial charge in [-0.15, -0.1) is 0 Å². The number of nitrogens with one attached hydrogen (secondary N) is 2. The number of carboxylic acids is 1. The Kier molecular flexibility index (Phi) is 4.98. The monoisotopic (exact) mass is 250 g/mol. The maximum atomic E-state index is 11.2. The summed E-state index contributed by atoms with van der Waals surface area (Å²) in [7, 11) is 0. The average molecular weight is 250 g/mol. The van der Waals surface area contributed by atoms with Gasteiger partial charge in [0.1, 0.15) is 0 Å². The van der Waals surface area contributed by atoms with E-state index in [0.29, 0.717) is 11.8 Å². The second-order valence-electron chi connectivity index (χ2n) is 3.06. The smallest absolute Gasteiger partial charge is 0.328 e. The molecule has 0 bridgehead atoms. The van der Waals surface area contributed by atoms with E-state index in [1.165, 1.54) is 6.20 Å². The van der Waals surface area contributed by atoms with Crippen molar-refractivity contribution in [1.82, 2.24) is 20.8 Å². The highest BCUT2D eigenvalue weighted by Gasteiger charge is 2.04. The first-order valence-corrected chi connectivity index (χ1v) is 4.84. The summed E-state index contributed by atoms with van der Waals surface area (Å²) in [4.78, 5) is 32.3. The van der Waals surface area contributed by atoms with Gasteiger partial charge in [-0.25, -0.2) is 9.59 Å². The van der Waals surface area contributed by atoms with E-state index < -0.39 is 17.9 Å². The van der Waals surface area contributed by atoms with E-state index in [-0.39, 0.29) is 6.54 Å². The molecule has 0 atom stereocenters. The van der Waals surface area contributed by atoms with Crippen LogP contribution >= 0.6 is 0 Å². The zero-order valence-corrected chi connectivity index (χ0v) is 9.16. The van der Waals surface area contributed by atoms with Crippen LogP contribution in [-0.2, 0) is 16.1 Å². The lowest BCUT2D eigenvalue weighted by molar-refractivity contribution is -0.131. The van der Waals surface area contributed by atoms with Crippen LogP contribution in [0.15, 0.2) is 30.5 Å². The first-order valence-electron chi connectivity index (χ1n) is 4.84. The number of rotatable bonds is 4. The normalized spacial score (nSPS) is 10.0. The number of imide groups is 1. The highest BCUT2D eigenvalue weighted by atomic mass is 16.4. The minimum absolute atomic E-state index is 0.107. The molecule has 1 aromatic heterocycles. The predicted molar refractivity (Wildman–Crippen MR) is 59.2 cm³/mol. The Morgan fingerprint density at radius 2 is 2.11 bits per heavy atom. The highest BCUT2D eigenvalue weighted by Crippen LogP contribution is 1.89. The van der Waals surface area contributed by atoms with Gasteiger partial charge in [-0.2, -0.15) is 10.2 Å². The molecule has 0 aromatic carbocycles. The van der Waals surface area contributed by atoms with E-state index in [1.54, 1.807) is 12.1 Å². The van der Waals surface area contributed by atoms with E-state index in [1.807, 2.05) is 5.32 Å². The highest BCUT2D eigenvalue weighted by molar-refractivity contribution is 6.02. The molecule has 3 N–H and O–H groups in total. The molecule has 0 saturated heterocycles. The van der Waals surface area contributed by atoms with Crippen molar-refractivity contribution in [3.8, 4) is 0 Å². The lowest BCUT2D eigenvalue weighted by Crippen LogP contribution is -2.38. The van der Waals surface area contributed by atoms with Crippen molar-refractivity contribution in [1.29, 1.82) is 0 Å². The summed E-state index contributed by atoms with van der Waals surface area (Å²) in [5.41, 5.74) is 0.529.